The first-order chi connectivity index (χ1) is 6.74. The van der Waals surface area contributed by atoms with Crippen molar-refractivity contribution in [2.75, 3.05) is 0 Å². The number of nitrogens with zero attached hydrogens (tertiary/aromatic N) is 1. The molecule has 1 aromatic rings. The quantitative estimate of drug-likeness (QED) is 0.786. The second kappa shape index (κ2) is 5.03. The molecule has 0 fully saturated rings. The summed E-state index contributed by atoms with van der Waals surface area (Å²) in [5.74, 6) is -0.117. The van der Waals surface area contributed by atoms with Crippen LogP contribution in [0.3, 0.4) is 0 Å². The van der Waals surface area contributed by atoms with E-state index in [1.807, 2.05) is 30.3 Å². The van der Waals surface area contributed by atoms with Gasteiger partial charge in [-0.15, -0.1) is 0 Å². The van der Waals surface area contributed by atoms with Crippen LogP contribution < -0.4 is 5.32 Å². The van der Waals surface area contributed by atoms with Crippen molar-refractivity contribution in [3.05, 3.63) is 35.9 Å². The molecule has 0 aromatic heterocycles. The number of nitrogens with one attached hydrogen (secondary N) is 1. The van der Waals surface area contributed by atoms with E-state index in [2.05, 4.69) is 11.4 Å². The summed E-state index contributed by atoms with van der Waals surface area (Å²) < 4.78 is 0. The lowest BCUT2D eigenvalue weighted by Crippen LogP contribution is -2.25. The van der Waals surface area contributed by atoms with Crippen LogP contribution in [-0.2, 0) is 4.79 Å². The maximum absolute atomic E-state index is 10.9. The third-order valence-electron chi connectivity index (χ3n) is 1.87. The number of carbonyl (C=O) groups is 1. The van der Waals surface area contributed by atoms with E-state index in [4.69, 9.17) is 5.26 Å². The van der Waals surface area contributed by atoms with Crippen LogP contribution in [0.4, 0.5) is 0 Å². The topological polar surface area (TPSA) is 52.9 Å². The van der Waals surface area contributed by atoms with Crippen molar-refractivity contribution < 1.29 is 4.79 Å². The van der Waals surface area contributed by atoms with Crippen LogP contribution in [0.1, 0.15) is 24.9 Å². The van der Waals surface area contributed by atoms with Gasteiger partial charge >= 0.3 is 0 Å². The Kier molecular flexibility index (Phi) is 3.69. The van der Waals surface area contributed by atoms with Gasteiger partial charge in [0.05, 0.1) is 18.5 Å². The van der Waals surface area contributed by atoms with E-state index in [0.717, 1.165) is 5.56 Å². The van der Waals surface area contributed by atoms with Crippen molar-refractivity contribution in [3.63, 3.8) is 0 Å². The minimum absolute atomic E-state index is 0.117. The molecule has 0 aliphatic rings. The van der Waals surface area contributed by atoms with Gasteiger partial charge in [0, 0.05) is 6.92 Å². The molecule has 1 aromatic carbocycles. The Hall–Kier alpha value is -1.82. The lowest BCUT2D eigenvalue weighted by atomic mass is 10.0. The van der Waals surface area contributed by atoms with Crippen LogP contribution in [0.25, 0.3) is 0 Å². The van der Waals surface area contributed by atoms with Crippen molar-refractivity contribution in [2.24, 2.45) is 0 Å². The number of nitriles is 1. The van der Waals surface area contributed by atoms with Crippen molar-refractivity contribution in [1.29, 1.82) is 5.26 Å². The van der Waals surface area contributed by atoms with E-state index in [9.17, 15) is 4.79 Å². The fourth-order valence-electron chi connectivity index (χ4n) is 1.27. The molecule has 0 radical (unpaired) electrons. The number of hydrogen-bond acceptors (Lipinski definition) is 2. The maximum Gasteiger partial charge on any atom is 0.217 e. The molecule has 1 atom stereocenters. The normalized spacial score (nSPS) is 11.4. The van der Waals surface area contributed by atoms with Crippen molar-refractivity contribution in [2.45, 2.75) is 19.4 Å². The summed E-state index contributed by atoms with van der Waals surface area (Å²) >= 11 is 0. The average Bonchev–Trinajstić information content (AvgIpc) is 2.18. The van der Waals surface area contributed by atoms with Gasteiger partial charge in [0.25, 0.3) is 0 Å². The molecular formula is C11H12N2O. The summed E-state index contributed by atoms with van der Waals surface area (Å²) in [6, 6.07) is 11.3. The Balaban J connectivity index is 2.78. The molecule has 0 unspecified atom stereocenters. The third-order valence-corrected chi connectivity index (χ3v) is 1.87. The molecule has 14 heavy (non-hydrogen) atoms. The zero-order valence-electron chi connectivity index (χ0n) is 8.03. The first-order valence-corrected chi connectivity index (χ1v) is 4.43. The molecule has 3 heteroatoms. The zero-order chi connectivity index (χ0) is 10.4. The number of carbonyl (C=O) groups excluding carboxylic acids is 1. The van der Waals surface area contributed by atoms with E-state index in [1.165, 1.54) is 6.92 Å². The highest BCUT2D eigenvalue weighted by atomic mass is 16.1. The Bertz CT molecular complexity index is 340. The highest BCUT2D eigenvalue weighted by Gasteiger charge is 2.10. The summed E-state index contributed by atoms with van der Waals surface area (Å²) in [4.78, 5) is 10.9. The fraction of sp³-hybridized carbons (Fsp3) is 0.273. The number of benzene rings is 1. The van der Waals surface area contributed by atoms with Gasteiger partial charge in [-0.25, -0.2) is 0 Å². The highest BCUT2D eigenvalue weighted by molar-refractivity contribution is 5.73. The molecule has 0 heterocycles. The van der Waals surface area contributed by atoms with E-state index in [-0.39, 0.29) is 11.9 Å². The van der Waals surface area contributed by atoms with Gasteiger partial charge in [-0.2, -0.15) is 5.26 Å². The van der Waals surface area contributed by atoms with Crippen LogP contribution in [-0.4, -0.2) is 5.91 Å². The van der Waals surface area contributed by atoms with Gasteiger partial charge in [-0.05, 0) is 5.56 Å². The van der Waals surface area contributed by atoms with Crippen LogP contribution in [0, 0.1) is 11.3 Å². The fourth-order valence-corrected chi connectivity index (χ4v) is 1.27. The van der Waals surface area contributed by atoms with Crippen LogP contribution in [0.15, 0.2) is 30.3 Å². The van der Waals surface area contributed by atoms with Crippen LogP contribution >= 0.6 is 0 Å². The first kappa shape index (κ1) is 10.3. The maximum atomic E-state index is 10.9. The van der Waals surface area contributed by atoms with Crippen LogP contribution in [0.5, 0.6) is 0 Å². The van der Waals surface area contributed by atoms with Crippen molar-refractivity contribution >= 4 is 5.91 Å². The number of amides is 1. The highest BCUT2D eigenvalue weighted by Crippen LogP contribution is 2.15. The summed E-state index contributed by atoms with van der Waals surface area (Å²) in [6.07, 6.45) is 0.295. The van der Waals surface area contributed by atoms with Crippen LogP contribution in [0.2, 0.25) is 0 Å². The molecule has 0 spiro atoms. The number of hydrogen-bond donors (Lipinski definition) is 1. The molecule has 0 saturated heterocycles. The van der Waals surface area contributed by atoms with Gasteiger partial charge in [0.1, 0.15) is 0 Å². The van der Waals surface area contributed by atoms with E-state index in [0.29, 0.717) is 6.42 Å². The first-order valence-electron chi connectivity index (χ1n) is 4.43. The molecule has 0 aliphatic carbocycles. The van der Waals surface area contributed by atoms with E-state index >= 15 is 0 Å². The van der Waals surface area contributed by atoms with Gasteiger partial charge in [-0.1, -0.05) is 30.3 Å². The van der Waals surface area contributed by atoms with Crippen molar-refractivity contribution in [3.8, 4) is 6.07 Å². The molecule has 1 rings (SSSR count). The summed E-state index contributed by atoms with van der Waals surface area (Å²) in [6.45, 7) is 1.45. The Morgan fingerprint density at radius 1 is 1.50 bits per heavy atom. The lowest BCUT2D eigenvalue weighted by Gasteiger charge is -2.14. The molecule has 0 aliphatic heterocycles. The molecule has 72 valence electrons. The summed E-state index contributed by atoms with van der Waals surface area (Å²) in [5.41, 5.74) is 0.962. The van der Waals surface area contributed by atoms with Gasteiger partial charge in [0.15, 0.2) is 0 Å². The molecular weight excluding hydrogens is 176 g/mol. The van der Waals surface area contributed by atoms with Gasteiger partial charge < -0.3 is 5.32 Å². The van der Waals surface area contributed by atoms with Gasteiger partial charge in [0.2, 0.25) is 5.91 Å². The van der Waals surface area contributed by atoms with Crippen molar-refractivity contribution in [1.82, 2.24) is 5.32 Å². The second-order valence-electron chi connectivity index (χ2n) is 3.03. The van der Waals surface area contributed by atoms with E-state index < -0.39 is 0 Å². The summed E-state index contributed by atoms with van der Waals surface area (Å²) in [7, 11) is 0. The lowest BCUT2D eigenvalue weighted by molar-refractivity contribution is -0.119. The monoisotopic (exact) mass is 188 g/mol. The van der Waals surface area contributed by atoms with Gasteiger partial charge in [-0.3, -0.25) is 4.79 Å². The SMILES string of the molecule is CC(=O)N[C@H](CC#N)c1ccccc1. The molecule has 0 bridgehead atoms. The molecule has 0 saturated carbocycles. The smallest absolute Gasteiger partial charge is 0.217 e. The Morgan fingerprint density at radius 3 is 2.64 bits per heavy atom. The molecule has 3 nitrogen and oxygen atoms in total. The average molecular weight is 188 g/mol. The predicted molar refractivity (Wildman–Crippen MR) is 53.2 cm³/mol. The number of rotatable bonds is 3. The second-order valence-corrected chi connectivity index (χ2v) is 3.03. The molecule has 1 N–H and O–H groups in total. The minimum Gasteiger partial charge on any atom is -0.348 e. The Morgan fingerprint density at radius 2 is 2.14 bits per heavy atom. The summed E-state index contributed by atoms with van der Waals surface area (Å²) in [5, 5.41) is 11.3. The standard InChI is InChI=1S/C11H12N2O/c1-9(14)13-11(7-8-12)10-5-3-2-4-6-10/h2-6,11H,7H2,1H3,(H,13,14)/t11-/m1/s1. The van der Waals surface area contributed by atoms with E-state index in [1.54, 1.807) is 0 Å². The largest absolute Gasteiger partial charge is 0.348 e. The Labute approximate surface area is 83.4 Å². The third kappa shape index (κ3) is 2.91. The predicted octanol–water partition coefficient (Wildman–Crippen LogP) is 1.78. The molecule has 1 amide bonds. The minimum atomic E-state index is -0.196. The zero-order valence-corrected chi connectivity index (χ0v) is 8.03.